The van der Waals surface area contributed by atoms with Gasteiger partial charge in [0.1, 0.15) is 0 Å². The molecule has 8 atom stereocenters. The highest BCUT2D eigenvalue weighted by Gasteiger charge is 2.60. The van der Waals surface area contributed by atoms with Gasteiger partial charge in [-0.1, -0.05) is 48.4 Å². The van der Waals surface area contributed by atoms with Gasteiger partial charge >= 0.3 is 0 Å². The van der Waals surface area contributed by atoms with Crippen LogP contribution in [0.3, 0.4) is 0 Å². The number of halogens is 1. The van der Waals surface area contributed by atoms with Gasteiger partial charge in [0.25, 0.3) is 0 Å². The zero-order chi connectivity index (χ0) is 15.7. The van der Waals surface area contributed by atoms with Crippen molar-refractivity contribution in [2.45, 2.75) is 76.6 Å². The minimum absolute atomic E-state index is 0.150. The molecule has 3 fully saturated rings. The first-order chi connectivity index (χ1) is 10.4. The molecular formula is C20H31BrO. The lowest BCUT2D eigenvalue weighted by Gasteiger charge is -2.57. The highest BCUT2D eigenvalue weighted by atomic mass is 79.9. The Morgan fingerprint density at radius 3 is 2.73 bits per heavy atom. The van der Waals surface area contributed by atoms with Crippen LogP contribution in [-0.4, -0.2) is 16.0 Å². The molecule has 0 aromatic carbocycles. The number of hydrogen-bond donors (Lipinski definition) is 1. The van der Waals surface area contributed by atoms with Gasteiger partial charge in [0, 0.05) is 4.83 Å². The van der Waals surface area contributed by atoms with E-state index in [2.05, 4.69) is 42.8 Å². The number of aliphatic hydroxyl groups is 1. The van der Waals surface area contributed by atoms with Gasteiger partial charge in [0.2, 0.25) is 0 Å². The minimum atomic E-state index is -0.150. The second-order valence-corrected chi connectivity index (χ2v) is 10.5. The molecule has 0 bridgehead atoms. The first-order valence-corrected chi connectivity index (χ1v) is 10.3. The van der Waals surface area contributed by atoms with E-state index in [1.54, 1.807) is 5.57 Å². The molecule has 0 aromatic rings. The van der Waals surface area contributed by atoms with Gasteiger partial charge in [-0.15, -0.1) is 0 Å². The fraction of sp³-hybridized carbons (Fsp3) is 0.900. The normalized spacial score (nSPS) is 57.6. The Balaban J connectivity index is 1.68. The summed E-state index contributed by atoms with van der Waals surface area (Å²) in [6.45, 7) is 7.36. The molecular weight excluding hydrogens is 336 g/mol. The van der Waals surface area contributed by atoms with Gasteiger partial charge in [-0.25, -0.2) is 0 Å². The van der Waals surface area contributed by atoms with Gasteiger partial charge in [0.05, 0.1) is 6.10 Å². The summed E-state index contributed by atoms with van der Waals surface area (Å²) in [6, 6.07) is 0. The van der Waals surface area contributed by atoms with E-state index < -0.39 is 0 Å². The summed E-state index contributed by atoms with van der Waals surface area (Å²) >= 11 is 3.77. The molecule has 0 saturated heterocycles. The van der Waals surface area contributed by atoms with Crippen molar-refractivity contribution >= 4 is 15.9 Å². The molecule has 0 aromatic heterocycles. The number of rotatable bonds is 0. The van der Waals surface area contributed by atoms with E-state index in [1.165, 1.54) is 44.9 Å². The van der Waals surface area contributed by atoms with E-state index >= 15 is 0 Å². The van der Waals surface area contributed by atoms with Crippen molar-refractivity contribution in [2.75, 3.05) is 0 Å². The largest absolute Gasteiger partial charge is 0.391 e. The molecule has 0 spiro atoms. The molecule has 1 N–H and O–H groups in total. The molecule has 4 rings (SSSR count). The van der Waals surface area contributed by atoms with Gasteiger partial charge in [0.15, 0.2) is 0 Å². The SMILES string of the molecule is C[C@H]1CC[C@@]2(C)C(=CC[C@H]3[C@@H]4C[C@H](Br)[C@H](O)[C@@]4(C)CC[C@@H]32)C1. The maximum Gasteiger partial charge on any atom is 0.0721 e. The van der Waals surface area contributed by atoms with Crippen molar-refractivity contribution < 1.29 is 5.11 Å². The van der Waals surface area contributed by atoms with Crippen molar-refractivity contribution in [2.24, 2.45) is 34.5 Å². The quantitative estimate of drug-likeness (QED) is 0.454. The summed E-state index contributed by atoms with van der Waals surface area (Å²) in [7, 11) is 0. The lowest BCUT2D eigenvalue weighted by atomic mass is 9.47. The van der Waals surface area contributed by atoms with E-state index in [-0.39, 0.29) is 11.5 Å². The van der Waals surface area contributed by atoms with Crippen molar-refractivity contribution in [3.05, 3.63) is 11.6 Å². The number of aliphatic hydroxyl groups excluding tert-OH is 1. The number of hydrogen-bond acceptors (Lipinski definition) is 1. The number of allylic oxidation sites excluding steroid dienone is 2. The molecule has 0 unspecified atom stereocenters. The van der Waals surface area contributed by atoms with Crippen LogP contribution in [0.5, 0.6) is 0 Å². The van der Waals surface area contributed by atoms with Crippen molar-refractivity contribution in [3.8, 4) is 0 Å². The number of fused-ring (bicyclic) bond motifs is 5. The predicted octanol–water partition coefficient (Wildman–Crippen LogP) is 5.32. The molecule has 0 amide bonds. The van der Waals surface area contributed by atoms with Gasteiger partial charge in [-0.05, 0) is 79.4 Å². The Morgan fingerprint density at radius 2 is 1.95 bits per heavy atom. The second kappa shape index (κ2) is 5.09. The molecule has 4 aliphatic rings. The summed E-state index contributed by atoms with van der Waals surface area (Å²) in [4.78, 5) is 0.311. The van der Waals surface area contributed by atoms with Gasteiger partial charge in [-0.3, -0.25) is 0 Å². The summed E-state index contributed by atoms with van der Waals surface area (Å²) in [5, 5.41) is 10.7. The molecule has 22 heavy (non-hydrogen) atoms. The molecule has 0 heterocycles. The van der Waals surface area contributed by atoms with E-state index in [0.717, 1.165) is 17.8 Å². The zero-order valence-electron chi connectivity index (χ0n) is 14.3. The molecule has 0 aliphatic heterocycles. The Labute approximate surface area is 144 Å². The average Bonchev–Trinajstić information content (AvgIpc) is 2.72. The van der Waals surface area contributed by atoms with Crippen molar-refractivity contribution in [1.29, 1.82) is 0 Å². The van der Waals surface area contributed by atoms with Crippen LogP contribution in [-0.2, 0) is 0 Å². The minimum Gasteiger partial charge on any atom is -0.391 e. The fourth-order valence-corrected chi connectivity index (χ4v) is 7.79. The topological polar surface area (TPSA) is 20.2 Å². The Hall–Kier alpha value is 0.180. The van der Waals surface area contributed by atoms with Crippen LogP contribution in [0.1, 0.15) is 65.7 Å². The standard InChI is InChI=1S/C20H31BrO/c1-12-6-8-19(2)13(10-12)4-5-14-15(19)7-9-20(3)16(14)11-17(21)18(20)22/h4,12,14-18,22H,5-11H2,1-3H3/t12-,14+,15-,16-,17-,18-,19-,20-/m0/s1. The summed E-state index contributed by atoms with van der Waals surface area (Å²) in [5.41, 5.74) is 2.40. The van der Waals surface area contributed by atoms with Crippen molar-refractivity contribution in [1.82, 2.24) is 0 Å². The van der Waals surface area contributed by atoms with Crippen LogP contribution < -0.4 is 0 Å². The third-order valence-corrected chi connectivity index (χ3v) is 9.16. The molecule has 4 aliphatic carbocycles. The van der Waals surface area contributed by atoms with Crippen LogP contribution in [0.2, 0.25) is 0 Å². The summed E-state index contributed by atoms with van der Waals surface area (Å²) in [5.74, 6) is 3.26. The molecule has 0 radical (unpaired) electrons. The first kappa shape index (κ1) is 15.7. The van der Waals surface area contributed by atoms with Gasteiger partial charge in [-0.2, -0.15) is 0 Å². The van der Waals surface area contributed by atoms with E-state index in [9.17, 15) is 5.11 Å². The average molecular weight is 367 g/mol. The molecule has 1 nitrogen and oxygen atoms in total. The Morgan fingerprint density at radius 1 is 1.18 bits per heavy atom. The highest BCUT2D eigenvalue weighted by molar-refractivity contribution is 9.09. The molecule has 2 heteroatoms. The second-order valence-electron chi connectivity index (χ2n) is 9.35. The smallest absolute Gasteiger partial charge is 0.0721 e. The van der Waals surface area contributed by atoms with Crippen LogP contribution in [0.4, 0.5) is 0 Å². The fourth-order valence-electron chi connectivity index (χ4n) is 6.79. The Bertz CT molecular complexity index is 500. The predicted molar refractivity (Wildman–Crippen MR) is 95.0 cm³/mol. The third-order valence-electron chi connectivity index (χ3n) is 8.29. The van der Waals surface area contributed by atoms with Gasteiger partial charge < -0.3 is 5.11 Å². The zero-order valence-corrected chi connectivity index (χ0v) is 15.9. The van der Waals surface area contributed by atoms with E-state index in [0.29, 0.717) is 16.2 Å². The molecule has 124 valence electrons. The lowest BCUT2D eigenvalue weighted by Crippen LogP contribution is -2.50. The van der Waals surface area contributed by atoms with Crippen LogP contribution >= 0.6 is 15.9 Å². The Kier molecular flexibility index (Phi) is 3.63. The summed E-state index contributed by atoms with van der Waals surface area (Å²) in [6.07, 6.45) is 11.6. The third kappa shape index (κ3) is 1.98. The van der Waals surface area contributed by atoms with Crippen LogP contribution in [0.25, 0.3) is 0 Å². The molecule has 3 saturated carbocycles. The van der Waals surface area contributed by atoms with E-state index in [4.69, 9.17) is 0 Å². The first-order valence-electron chi connectivity index (χ1n) is 9.38. The van der Waals surface area contributed by atoms with Crippen molar-refractivity contribution in [3.63, 3.8) is 0 Å². The number of alkyl halides is 1. The maximum absolute atomic E-state index is 10.7. The van der Waals surface area contributed by atoms with Crippen LogP contribution in [0, 0.1) is 34.5 Å². The monoisotopic (exact) mass is 366 g/mol. The summed E-state index contributed by atoms with van der Waals surface area (Å²) < 4.78 is 0. The lowest BCUT2D eigenvalue weighted by molar-refractivity contribution is -0.0671. The highest BCUT2D eigenvalue weighted by Crippen LogP contribution is 2.65. The maximum atomic E-state index is 10.7. The van der Waals surface area contributed by atoms with E-state index in [1.807, 2.05) is 0 Å². The van der Waals surface area contributed by atoms with Crippen LogP contribution in [0.15, 0.2) is 11.6 Å².